The standard InChI is InChI=1S/C17H21N3O4S/c1-10(2)7-12(16(21)22)19-13(17(23)24)8-15-20-14(9-25-15)11-3-5-18-6-4-11/h3-6,9-10,12-13,19H,7-8H2,1-2H3,(H,21,22)(H,23,24)/t12-,13-/m0/s1. The van der Waals surface area contributed by atoms with E-state index in [1.807, 2.05) is 31.4 Å². The fraction of sp³-hybridized carbons (Fsp3) is 0.412. The number of thiazole rings is 1. The van der Waals surface area contributed by atoms with Crippen molar-refractivity contribution in [2.45, 2.75) is 38.8 Å². The summed E-state index contributed by atoms with van der Waals surface area (Å²) in [4.78, 5) is 31.3. The Morgan fingerprint density at radius 2 is 1.80 bits per heavy atom. The lowest BCUT2D eigenvalue weighted by atomic mass is 10.0. The summed E-state index contributed by atoms with van der Waals surface area (Å²) in [6.07, 6.45) is 3.82. The number of hydrogen-bond donors (Lipinski definition) is 3. The van der Waals surface area contributed by atoms with Crippen LogP contribution in [0.3, 0.4) is 0 Å². The molecule has 0 spiro atoms. The molecule has 0 unspecified atom stereocenters. The van der Waals surface area contributed by atoms with Gasteiger partial charge in [-0.2, -0.15) is 0 Å². The maximum absolute atomic E-state index is 11.5. The molecule has 0 radical (unpaired) electrons. The first-order valence-corrected chi connectivity index (χ1v) is 8.81. The van der Waals surface area contributed by atoms with E-state index < -0.39 is 24.0 Å². The van der Waals surface area contributed by atoms with E-state index in [0.29, 0.717) is 11.4 Å². The van der Waals surface area contributed by atoms with Gasteiger partial charge >= 0.3 is 11.9 Å². The lowest BCUT2D eigenvalue weighted by Crippen LogP contribution is -2.48. The third kappa shape index (κ3) is 5.61. The zero-order valence-corrected chi connectivity index (χ0v) is 14.9. The van der Waals surface area contributed by atoms with Gasteiger partial charge in [-0.05, 0) is 24.5 Å². The van der Waals surface area contributed by atoms with Crippen LogP contribution in [0.1, 0.15) is 25.3 Å². The minimum Gasteiger partial charge on any atom is -0.480 e. The molecule has 3 N–H and O–H groups in total. The lowest BCUT2D eigenvalue weighted by molar-refractivity contribution is -0.142. The average molecular weight is 363 g/mol. The van der Waals surface area contributed by atoms with Gasteiger partial charge in [0.15, 0.2) is 0 Å². The highest BCUT2D eigenvalue weighted by Gasteiger charge is 2.27. The highest BCUT2D eigenvalue weighted by Crippen LogP contribution is 2.22. The van der Waals surface area contributed by atoms with E-state index in [9.17, 15) is 19.8 Å². The van der Waals surface area contributed by atoms with E-state index in [1.165, 1.54) is 11.3 Å². The molecule has 25 heavy (non-hydrogen) atoms. The maximum atomic E-state index is 11.5. The number of carboxylic acids is 2. The fourth-order valence-electron chi connectivity index (χ4n) is 2.41. The first-order valence-electron chi connectivity index (χ1n) is 7.93. The highest BCUT2D eigenvalue weighted by molar-refractivity contribution is 7.10. The molecule has 0 aliphatic carbocycles. The maximum Gasteiger partial charge on any atom is 0.321 e. The van der Waals surface area contributed by atoms with E-state index in [4.69, 9.17) is 0 Å². The van der Waals surface area contributed by atoms with E-state index in [0.717, 1.165) is 11.3 Å². The Morgan fingerprint density at radius 3 is 2.36 bits per heavy atom. The molecule has 2 aromatic rings. The topological polar surface area (TPSA) is 112 Å². The van der Waals surface area contributed by atoms with Crippen LogP contribution in [0.5, 0.6) is 0 Å². The van der Waals surface area contributed by atoms with Crippen LogP contribution in [0.25, 0.3) is 11.3 Å². The summed E-state index contributed by atoms with van der Waals surface area (Å²) in [5.74, 6) is -1.99. The van der Waals surface area contributed by atoms with E-state index in [-0.39, 0.29) is 12.3 Å². The third-order valence-electron chi connectivity index (χ3n) is 3.61. The Morgan fingerprint density at radius 1 is 1.16 bits per heavy atom. The zero-order chi connectivity index (χ0) is 18.4. The zero-order valence-electron chi connectivity index (χ0n) is 14.0. The van der Waals surface area contributed by atoms with Crippen molar-refractivity contribution in [2.75, 3.05) is 0 Å². The van der Waals surface area contributed by atoms with Crippen molar-refractivity contribution in [2.24, 2.45) is 5.92 Å². The van der Waals surface area contributed by atoms with Gasteiger partial charge in [0.25, 0.3) is 0 Å². The molecule has 0 aromatic carbocycles. The number of carboxylic acid groups (broad SMARTS) is 2. The van der Waals surface area contributed by atoms with Gasteiger partial charge in [-0.1, -0.05) is 13.8 Å². The van der Waals surface area contributed by atoms with Gasteiger partial charge in [-0.25, -0.2) is 4.98 Å². The second kappa shape index (κ2) is 8.68. The van der Waals surface area contributed by atoms with Gasteiger partial charge in [-0.15, -0.1) is 11.3 Å². The van der Waals surface area contributed by atoms with Crippen molar-refractivity contribution in [1.29, 1.82) is 0 Å². The monoisotopic (exact) mass is 363 g/mol. The number of rotatable bonds is 9. The molecule has 0 aliphatic rings. The summed E-state index contributed by atoms with van der Waals surface area (Å²) < 4.78 is 0. The van der Waals surface area contributed by atoms with Gasteiger partial charge in [0.05, 0.1) is 10.7 Å². The number of aromatic nitrogens is 2. The smallest absolute Gasteiger partial charge is 0.321 e. The largest absolute Gasteiger partial charge is 0.480 e. The van der Waals surface area contributed by atoms with E-state index in [1.54, 1.807) is 12.4 Å². The molecule has 0 aliphatic heterocycles. The molecule has 0 fully saturated rings. The molecule has 2 atom stereocenters. The summed E-state index contributed by atoms with van der Waals surface area (Å²) in [6.45, 7) is 3.80. The van der Waals surface area contributed by atoms with Crippen molar-refractivity contribution in [3.63, 3.8) is 0 Å². The molecule has 0 bridgehead atoms. The van der Waals surface area contributed by atoms with Gasteiger partial charge in [0, 0.05) is 29.8 Å². The molecule has 134 valence electrons. The Balaban J connectivity index is 2.10. The van der Waals surface area contributed by atoms with Crippen LogP contribution in [0.15, 0.2) is 29.9 Å². The first-order chi connectivity index (χ1) is 11.9. The number of aliphatic carboxylic acids is 2. The molecule has 0 amide bonds. The minimum atomic E-state index is -1.09. The Hall–Kier alpha value is -2.32. The van der Waals surface area contributed by atoms with Crippen LogP contribution in [-0.2, 0) is 16.0 Å². The van der Waals surface area contributed by atoms with Crippen LogP contribution in [-0.4, -0.2) is 44.2 Å². The molecular weight excluding hydrogens is 342 g/mol. The second-order valence-corrected chi connectivity index (χ2v) is 7.09. The summed E-state index contributed by atoms with van der Waals surface area (Å²) in [5, 5.41) is 24.0. The molecular formula is C17H21N3O4S. The van der Waals surface area contributed by atoms with Crippen LogP contribution >= 0.6 is 11.3 Å². The van der Waals surface area contributed by atoms with Crippen molar-refractivity contribution < 1.29 is 19.8 Å². The van der Waals surface area contributed by atoms with Crippen molar-refractivity contribution in [1.82, 2.24) is 15.3 Å². The summed E-state index contributed by atoms with van der Waals surface area (Å²) >= 11 is 1.36. The number of carbonyl (C=O) groups is 2. The normalized spacial score (nSPS) is 13.6. The summed E-state index contributed by atoms with van der Waals surface area (Å²) in [7, 11) is 0. The number of nitrogens with zero attached hydrogens (tertiary/aromatic N) is 2. The lowest BCUT2D eigenvalue weighted by Gasteiger charge is -2.21. The number of hydrogen-bond acceptors (Lipinski definition) is 6. The summed E-state index contributed by atoms with van der Waals surface area (Å²) in [6, 6.07) is 1.75. The third-order valence-corrected chi connectivity index (χ3v) is 4.48. The van der Waals surface area contributed by atoms with Crippen LogP contribution < -0.4 is 5.32 Å². The average Bonchev–Trinajstić information content (AvgIpc) is 3.02. The quantitative estimate of drug-likeness (QED) is 0.626. The number of pyridine rings is 1. The molecule has 8 heteroatoms. The Kier molecular flexibility index (Phi) is 6.60. The van der Waals surface area contributed by atoms with Gasteiger partial charge in [0.1, 0.15) is 12.1 Å². The van der Waals surface area contributed by atoms with Crippen LogP contribution in [0, 0.1) is 5.92 Å². The fourth-order valence-corrected chi connectivity index (χ4v) is 3.26. The van der Waals surface area contributed by atoms with Crippen molar-refractivity contribution in [3.8, 4) is 11.3 Å². The molecule has 0 saturated carbocycles. The van der Waals surface area contributed by atoms with Crippen molar-refractivity contribution in [3.05, 3.63) is 34.9 Å². The van der Waals surface area contributed by atoms with Crippen LogP contribution in [0.2, 0.25) is 0 Å². The van der Waals surface area contributed by atoms with Gasteiger partial charge < -0.3 is 10.2 Å². The molecule has 0 saturated heterocycles. The molecule has 7 nitrogen and oxygen atoms in total. The molecule has 2 aromatic heterocycles. The SMILES string of the molecule is CC(C)C[C@H](N[C@@H](Cc1nc(-c2ccncc2)cs1)C(=O)O)C(=O)O. The predicted octanol–water partition coefficient (Wildman–Crippen LogP) is 2.29. The molecule has 2 rings (SSSR count). The summed E-state index contributed by atoms with van der Waals surface area (Å²) in [5.41, 5.74) is 1.66. The Labute approximate surface area is 149 Å². The van der Waals surface area contributed by atoms with E-state index in [2.05, 4.69) is 15.3 Å². The van der Waals surface area contributed by atoms with Gasteiger partial charge in [-0.3, -0.25) is 19.9 Å². The minimum absolute atomic E-state index is 0.132. The van der Waals surface area contributed by atoms with Crippen LogP contribution in [0.4, 0.5) is 0 Å². The Bertz CT molecular complexity index is 718. The van der Waals surface area contributed by atoms with E-state index >= 15 is 0 Å². The number of nitrogens with one attached hydrogen (secondary N) is 1. The molecule has 2 heterocycles. The highest BCUT2D eigenvalue weighted by atomic mass is 32.1. The predicted molar refractivity (Wildman–Crippen MR) is 94.5 cm³/mol. The van der Waals surface area contributed by atoms with Crippen molar-refractivity contribution >= 4 is 23.3 Å². The second-order valence-electron chi connectivity index (χ2n) is 6.14. The first kappa shape index (κ1) is 19.0. The van der Waals surface area contributed by atoms with Gasteiger partial charge in [0.2, 0.25) is 0 Å².